The van der Waals surface area contributed by atoms with Crippen LogP contribution >= 0.6 is 23.5 Å². The molecule has 0 saturated carbocycles. The quantitative estimate of drug-likeness (QED) is 0.123. The lowest BCUT2D eigenvalue weighted by Crippen LogP contribution is -2.55. The number of fused-ring (bicyclic) bond motifs is 5. The van der Waals surface area contributed by atoms with Crippen LogP contribution in [0.4, 0.5) is 0 Å². The Hall–Kier alpha value is -4.80. The molecule has 0 saturated heterocycles. The zero-order valence-electron chi connectivity index (χ0n) is 32.9. The van der Waals surface area contributed by atoms with Crippen molar-refractivity contribution >= 4 is 31.8 Å². The lowest BCUT2D eigenvalue weighted by atomic mass is 9.92. The normalized spacial score (nSPS) is 18.7. The summed E-state index contributed by atoms with van der Waals surface area (Å²) in [4.78, 5) is 1.09. The number of phenolic OH excluding ortho intramolecular Hbond substituents is 1. The van der Waals surface area contributed by atoms with Crippen LogP contribution in [0.1, 0.15) is 53.8 Å². The maximum atomic E-state index is 11.3. The van der Waals surface area contributed by atoms with Crippen LogP contribution in [0.15, 0.2) is 155 Å². The summed E-state index contributed by atoms with van der Waals surface area (Å²) in [5.41, 5.74) is 4.87. The molecule has 3 atom stereocenters. The van der Waals surface area contributed by atoms with Gasteiger partial charge in [0.1, 0.15) is 43.2 Å². The average Bonchev–Trinajstić information content (AvgIpc) is 3.29. The highest BCUT2D eigenvalue weighted by Gasteiger charge is 2.59. The Kier molecular flexibility index (Phi) is 11.1. The number of hydrogen-bond donors (Lipinski definition) is 1. The minimum absolute atomic E-state index is 0.0662. The second-order valence-electron chi connectivity index (χ2n) is 16.0. The summed E-state index contributed by atoms with van der Waals surface area (Å²) in [5.74, 6) is 2.43. The van der Waals surface area contributed by atoms with Gasteiger partial charge in [0.25, 0.3) is 0 Å². The number of hydrogen-bond acceptors (Lipinski definition) is 8. The van der Waals surface area contributed by atoms with E-state index in [-0.39, 0.29) is 16.0 Å². The van der Waals surface area contributed by atoms with Gasteiger partial charge in [0.05, 0.1) is 10.8 Å². The highest BCUT2D eigenvalue weighted by atomic mass is 32.2. The van der Waals surface area contributed by atoms with Crippen molar-refractivity contribution in [3.8, 4) is 28.7 Å². The Labute approximate surface area is 345 Å². The third-order valence-corrected chi connectivity index (χ3v) is 18.3. The average molecular weight is 813 g/mol. The van der Waals surface area contributed by atoms with Gasteiger partial charge in [0.15, 0.2) is 19.8 Å². The Morgan fingerprint density at radius 2 is 1.16 bits per heavy atom. The molecule has 2 heterocycles. The summed E-state index contributed by atoms with van der Waals surface area (Å²) in [7, 11) is -2.47. The van der Waals surface area contributed by atoms with E-state index in [0.29, 0.717) is 42.8 Å². The van der Waals surface area contributed by atoms with Gasteiger partial charge < -0.3 is 28.5 Å². The summed E-state index contributed by atoms with van der Waals surface area (Å²) in [6, 6.07) is 48.4. The lowest BCUT2D eigenvalue weighted by Gasteiger charge is -2.50. The fourth-order valence-corrected chi connectivity index (χ4v) is 11.3. The first-order chi connectivity index (χ1) is 27.5. The summed E-state index contributed by atoms with van der Waals surface area (Å²) in [5, 5.41) is 10.9. The third-order valence-electron chi connectivity index (χ3n) is 10.9. The second kappa shape index (κ2) is 16.2. The minimum atomic E-state index is -2.47. The van der Waals surface area contributed by atoms with Gasteiger partial charge in [-0.25, -0.2) is 0 Å². The molecule has 0 fully saturated rings. The van der Waals surface area contributed by atoms with E-state index in [1.54, 1.807) is 35.7 Å². The van der Waals surface area contributed by atoms with Crippen LogP contribution in [0.2, 0.25) is 18.1 Å². The van der Waals surface area contributed by atoms with Crippen LogP contribution in [0, 0.1) is 0 Å². The van der Waals surface area contributed by atoms with Gasteiger partial charge in [-0.1, -0.05) is 142 Å². The fourth-order valence-electron chi connectivity index (χ4n) is 6.85. The van der Waals surface area contributed by atoms with Crippen LogP contribution in [0.5, 0.6) is 28.7 Å². The number of phenols is 1. The van der Waals surface area contributed by atoms with Crippen molar-refractivity contribution in [1.82, 2.24) is 0 Å². The Morgan fingerprint density at radius 3 is 1.74 bits per heavy atom. The predicted octanol–water partition coefficient (Wildman–Crippen LogP) is 12.7. The summed E-state index contributed by atoms with van der Waals surface area (Å²) in [6.07, 6.45) is -0.491. The number of aromatic hydroxyl groups is 1. The van der Waals surface area contributed by atoms with E-state index in [2.05, 4.69) is 94.5 Å². The highest BCUT2D eigenvalue weighted by molar-refractivity contribution is 8.03. The van der Waals surface area contributed by atoms with Gasteiger partial charge in [-0.05, 0) is 59.1 Å². The topological polar surface area (TPSA) is 66.4 Å². The smallest absolute Gasteiger partial charge is 0.210 e. The van der Waals surface area contributed by atoms with Crippen molar-refractivity contribution in [3.05, 3.63) is 173 Å². The highest BCUT2D eigenvalue weighted by Crippen LogP contribution is 2.66. The van der Waals surface area contributed by atoms with Crippen LogP contribution in [0.3, 0.4) is 0 Å². The van der Waals surface area contributed by atoms with Gasteiger partial charge in [-0.2, -0.15) is 0 Å². The largest absolute Gasteiger partial charge is 0.508 e. The molecule has 0 unspecified atom stereocenters. The lowest BCUT2D eigenvalue weighted by molar-refractivity contribution is -0.000739. The Balaban J connectivity index is 1.30. The van der Waals surface area contributed by atoms with Crippen LogP contribution < -0.4 is 18.9 Å². The molecule has 0 spiro atoms. The number of benzene rings is 6. The van der Waals surface area contributed by atoms with Crippen molar-refractivity contribution in [1.29, 1.82) is 0 Å². The molecule has 1 N–H and O–H groups in total. The van der Waals surface area contributed by atoms with Crippen LogP contribution in [-0.4, -0.2) is 19.5 Å². The van der Waals surface area contributed by atoms with E-state index < -0.39 is 19.4 Å². The molecule has 2 aliphatic rings. The van der Waals surface area contributed by atoms with Crippen molar-refractivity contribution in [2.75, 3.05) is 0 Å². The predicted molar refractivity (Wildman–Crippen MR) is 232 cm³/mol. The number of ether oxygens (including phenoxy) is 4. The molecule has 0 amide bonds. The molecule has 2 bridgehead atoms. The zero-order chi connectivity index (χ0) is 39.6. The molecule has 0 aromatic heterocycles. The first-order valence-electron chi connectivity index (χ1n) is 19.3. The van der Waals surface area contributed by atoms with Gasteiger partial charge in [-0.15, -0.1) is 11.8 Å². The molecule has 6 aromatic rings. The first kappa shape index (κ1) is 39.0. The van der Waals surface area contributed by atoms with E-state index in [1.165, 1.54) is 0 Å². The molecule has 2 aliphatic heterocycles. The molecular formula is C48H48O6S2Si. The summed E-state index contributed by atoms with van der Waals surface area (Å²) < 4.78 is 34.9. The van der Waals surface area contributed by atoms with Crippen molar-refractivity contribution in [2.24, 2.45) is 0 Å². The first-order valence-corrected chi connectivity index (χ1v) is 23.9. The summed E-state index contributed by atoms with van der Waals surface area (Å²) in [6.45, 7) is 12.5. The standard InChI is InChI=1S/C48H48O6S2Si/c1-47(2,3)57(4,5)54-46-45-44-40(52-32-35-21-13-8-14-22-35)28-37(49)29-41(44)53-48(46,56-43-24-16-15-23-42(43)55-45)36-25-26-38(50-30-33-17-9-6-10-18-33)39(27-36)51-31-34-19-11-7-12-20-34/h6-29,45-46,49H,30-32H2,1-5H3/t45-,46+,48-/m0/s1. The molecular weight excluding hydrogens is 765 g/mol. The molecule has 292 valence electrons. The fraction of sp³-hybridized carbons (Fsp3) is 0.250. The molecule has 0 aliphatic carbocycles. The van der Waals surface area contributed by atoms with Crippen LogP contribution in [-0.2, 0) is 29.2 Å². The minimum Gasteiger partial charge on any atom is -0.508 e. The second-order valence-corrected chi connectivity index (χ2v) is 23.2. The monoisotopic (exact) mass is 812 g/mol. The molecule has 9 heteroatoms. The molecule has 6 nitrogen and oxygen atoms in total. The van der Waals surface area contributed by atoms with Gasteiger partial charge in [0.2, 0.25) is 4.93 Å². The van der Waals surface area contributed by atoms with Crippen LogP contribution in [0.25, 0.3) is 0 Å². The molecule has 57 heavy (non-hydrogen) atoms. The van der Waals surface area contributed by atoms with Crippen molar-refractivity contribution in [2.45, 2.75) is 84.8 Å². The maximum absolute atomic E-state index is 11.3. The van der Waals surface area contributed by atoms with E-state index >= 15 is 0 Å². The molecule has 8 rings (SSSR count). The van der Waals surface area contributed by atoms with Crippen molar-refractivity contribution < 1.29 is 28.5 Å². The Morgan fingerprint density at radius 1 is 0.632 bits per heavy atom. The zero-order valence-corrected chi connectivity index (χ0v) is 35.6. The van der Waals surface area contributed by atoms with Gasteiger partial charge >= 0.3 is 0 Å². The summed E-state index contributed by atoms with van der Waals surface area (Å²) >= 11 is 3.42. The van der Waals surface area contributed by atoms with E-state index in [4.69, 9.17) is 23.4 Å². The van der Waals surface area contributed by atoms with Crippen molar-refractivity contribution in [3.63, 3.8) is 0 Å². The number of rotatable bonds is 12. The SMILES string of the molecule is CC(C)(C)[Si](C)(C)O[C@@H]1[C@H]2Sc3ccccc3S[C@]1(c1ccc(OCc3ccccc3)c(OCc3ccccc3)c1)Oc1cc(O)cc(OCc3ccccc3)c12. The Bertz CT molecular complexity index is 2320. The molecule has 0 radical (unpaired) electrons. The molecule has 6 aromatic carbocycles. The third kappa shape index (κ3) is 8.30. The maximum Gasteiger partial charge on any atom is 0.210 e. The van der Waals surface area contributed by atoms with Gasteiger partial charge in [-0.3, -0.25) is 0 Å². The van der Waals surface area contributed by atoms with E-state index in [0.717, 1.165) is 37.6 Å². The van der Waals surface area contributed by atoms with Gasteiger partial charge in [0, 0.05) is 27.5 Å². The van der Waals surface area contributed by atoms with E-state index in [1.807, 2.05) is 72.8 Å². The number of thioether (sulfide) groups is 2. The van der Waals surface area contributed by atoms with E-state index in [9.17, 15) is 5.11 Å².